The highest BCUT2D eigenvalue weighted by Gasteiger charge is 2.27. The number of nitrogens with one attached hydrogen (secondary N) is 1. The van der Waals surface area contributed by atoms with E-state index in [1.54, 1.807) is 37.3 Å². The Kier molecular flexibility index (Phi) is 6.16. The number of methoxy groups -OCH3 is 1. The summed E-state index contributed by atoms with van der Waals surface area (Å²) in [4.78, 5) is 27.4. The number of aliphatic imine (C=N–C) groups is 1. The van der Waals surface area contributed by atoms with Gasteiger partial charge in [0, 0.05) is 6.04 Å². The minimum Gasteiger partial charge on any atom is -0.505 e. The maximum absolute atomic E-state index is 11.7. The molecule has 7 nitrogen and oxygen atoms in total. The fourth-order valence-electron chi connectivity index (χ4n) is 2.37. The molecule has 1 aromatic rings. The summed E-state index contributed by atoms with van der Waals surface area (Å²) in [5.74, 6) is -0.477. The van der Waals surface area contributed by atoms with Crippen LogP contribution in [0.25, 0.3) is 6.08 Å². The number of aliphatic hydroxyl groups excluding tert-OH is 1. The van der Waals surface area contributed by atoms with E-state index in [4.69, 9.17) is 4.74 Å². The summed E-state index contributed by atoms with van der Waals surface area (Å²) in [5.41, 5.74) is 1.51. The highest BCUT2D eigenvalue weighted by molar-refractivity contribution is 6.21. The van der Waals surface area contributed by atoms with Crippen molar-refractivity contribution < 1.29 is 24.2 Å². The topological polar surface area (TPSA) is 97.2 Å². The minimum absolute atomic E-state index is 0.0612. The first-order valence-corrected chi connectivity index (χ1v) is 8.13. The zero-order valence-corrected chi connectivity index (χ0v) is 15.2. The Bertz CT molecular complexity index is 789. The zero-order valence-electron chi connectivity index (χ0n) is 15.2. The Morgan fingerprint density at radius 1 is 1.27 bits per heavy atom. The predicted octanol–water partition coefficient (Wildman–Crippen LogP) is 2.39. The molecule has 0 aromatic heterocycles. The van der Waals surface area contributed by atoms with E-state index in [9.17, 15) is 14.7 Å². The van der Waals surface area contributed by atoms with Crippen LogP contribution in [0.1, 0.15) is 26.3 Å². The fourth-order valence-corrected chi connectivity index (χ4v) is 2.37. The van der Waals surface area contributed by atoms with Crippen LogP contribution in [0.3, 0.4) is 0 Å². The van der Waals surface area contributed by atoms with Crippen LogP contribution in [0, 0.1) is 0 Å². The Morgan fingerprint density at radius 3 is 2.50 bits per heavy atom. The standard InChI is InChI=1S/C19H22N2O5/c1-11(2)20-16(22)10-26-14-7-5-13(6-8-14)9-15-18(23)17(12(3)21-15)19(24)25-4/h5-9,11,23H,10H2,1-4H3,(H,20,22). The van der Waals surface area contributed by atoms with Gasteiger partial charge in [-0.1, -0.05) is 12.1 Å². The molecule has 7 heteroatoms. The van der Waals surface area contributed by atoms with Crippen molar-refractivity contribution in [1.29, 1.82) is 0 Å². The molecule has 0 spiro atoms. The van der Waals surface area contributed by atoms with Gasteiger partial charge in [-0.3, -0.25) is 4.79 Å². The van der Waals surface area contributed by atoms with E-state index in [1.807, 2.05) is 13.8 Å². The van der Waals surface area contributed by atoms with Crippen molar-refractivity contribution in [2.24, 2.45) is 4.99 Å². The Morgan fingerprint density at radius 2 is 1.92 bits per heavy atom. The summed E-state index contributed by atoms with van der Waals surface area (Å²) < 4.78 is 10.1. The van der Waals surface area contributed by atoms with Crippen molar-refractivity contribution >= 4 is 23.7 Å². The monoisotopic (exact) mass is 358 g/mol. The van der Waals surface area contributed by atoms with Crippen LogP contribution in [0.5, 0.6) is 5.75 Å². The zero-order chi connectivity index (χ0) is 19.3. The lowest BCUT2D eigenvalue weighted by atomic mass is 10.1. The van der Waals surface area contributed by atoms with Crippen molar-refractivity contribution in [2.45, 2.75) is 26.8 Å². The lowest BCUT2D eigenvalue weighted by molar-refractivity contribution is -0.135. The van der Waals surface area contributed by atoms with Gasteiger partial charge in [0.1, 0.15) is 17.0 Å². The van der Waals surface area contributed by atoms with Gasteiger partial charge in [0.05, 0.1) is 12.8 Å². The van der Waals surface area contributed by atoms with Gasteiger partial charge >= 0.3 is 5.97 Å². The number of hydrogen-bond donors (Lipinski definition) is 2. The molecule has 0 unspecified atom stereocenters. The van der Waals surface area contributed by atoms with Crippen LogP contribution in [0.4, 0.5) is 0 Å². The molecular formula is C19H22N2O5. The Balaban J connectivity index is 2.08. The predicted molar refractivity (Wildman–Crippen MR) is 98.0 cm³/mol. The van der Waals surface area contributed by atoms with Crippen LogP contribution < -0.4 is 10.1 Å². The van der Waals surface area contributed by atoms with E-state index in [0.717, 1.165) is 5.56 Å². The summed E-state index contributed by atoms with van der Waals surface area (Å²) in [6.45, 7) is 5.32. The molecule has 2 N–H and O–H groups in total. The molecule has 2 rings (SSSR count). The Hall–Kier alpha value is -3.09. The highest BCUT2D eigenvalue weighted by Crippen LogP contribution is 2.26. The minimum atomic E-state index is -0.629. The highest BCUT2D eigenvalue weighted by atomic mass is 16.5. The third-order valence-corrected chi connectivity index (χ3v) is 3.52. The first-order chi connectivity index (χ1) is 12.3. The van der Waals surface area contributed by atoms with Crippen LogP contribution in [-0.4, -0.2) is 42.5 Å². The first-order valence-electron chi connectivity index (χ1n) is 8.13. The third kappa shape index (κ3) is 4.72. The van der Waals surface area contributed by atoms with Gasteiger partial charge in [0.2, 0.25) is 0 Å². The van der Waals surface area contributed by atoms with E-state index in [1.165, 1.54) is 7.11 Å². The van der Waals surface area contributed by atoms with E-state index in [0.29, 0.717) is 11.5 Å². The van der Waals surface area contributed by atoms with Crippen molar-refractivity contribution in [3.05, 3.63) is 46.9 Å². The van der Waals surface area contributed by atoms with Crippen LogP contribution in [0.2, 0.25) is 0 Å². The van der Waals surface area contributed by atoms with Gasteiger partial charge in [0.25, 0.3) is 5.91 Å². The fraction of sp³-hybridized carbons (Fsp3) is 0.316. The smallest absolute Gasteiger partial charge is 0.343 e. The van der Waals surface area contributed by atoms with Crippen LogP contribution in [-0.2, 0) is 14.3 Å². The Labute approximate surface area is 152 Å². The molecule has 26 heavy (non-hydrogen) atoms. The number of amides is 1. The summed E-state index contributed by atoms with van der Waals surface area (Å²) in [5, 5.41) is 12.9. The molecule has 1 aliphatic heterocycles. The second-order valence-corrected chi connectivity index (χ2v) is 6.02. The molecule has 0 saturated carbocycles. The van der Waals surface area contributed by atoms with E-state index >= 15 is 0 Å². The second-order valence-electron chi connectivity index (χ2n) is 6.02. The van der Waals surface area contributed by atoms with Crippen LogP contribution in [0.15, 0.2) is 46.3 Å². The molecular weight excluding hydrogens is 336 g/mol. The van der Waals surface area contributed by atoms with E-state index < -0.39 is 5.97 Å². The molecule has 1 heterocycles. The number of ether oxygens (including phenoxy) is 2. The summed E-state index contributed by atoms with van der Waals surface area (Å²) >= 11 is 0. The summed E-state index contributed by atoms with van der Waals surface area (Å²) in [6, 6.07) is 7.00. The summed E-state index contributed by atoms with van der Waals surface area (Å²) in [6.07, 6.45) is 1.64. The number of esters is 1. The molecule has 0 fully saturated rings. The molecule has 0 radical (unpaired) electrons. The normalized spacial score (nSPS) is 15.3. The number of aliphatic hydroxyl groups is 1. The van der Waals surface area contributed by atoms with E-state index in [-0.39, 0.29) is 35.6 Å². The van der Waals surface area contributed by atoms with Crippen molar-refractivity contribution in [3.8, 4) is 5.75 Å². The van der Waals surface area contributed by atoms with Gasteiger partial charge in [0.15, 0.2) is 12.4 Å². The van der Waals surface area contributed by atoms with Gasteiger partial charge in [-0.25, -0.2) is 9.79 Å². The number of nitrogens with zero attached hydrogens (tertiary/aromatic N) is 1. The summed E-state index contributed by atoms with van der Waals surface area (Å²) in [7, 11) is 1.25. The molecule has 1 amide bonds. The average Bonchev–Trinajstić information content (AvgIpc) is 2.86. The second kappa shape index (κ2) is 8.33. The van der Waals surface area contributed by atoms with Gasteiger partial charge < -0.3 is 19.9 Å². The molecule has 1 aliphatic rings. The largest absolute Gasteiger partial charge is 0.505 e. The van der Waals surface area contributed by atoms with E-state index in [2.05, 4.69) is 15.0 Å². The van der Waals surface area contributed by atoms with Crippen molar-refractivity contribution in [1.82, 2.24) is 5.32 Å². The quantitative estimate of drug-likeness (QED) is 0.761. The number of carbonyl (C=O) groups excluding carboxylic acids is 2. The average molecular weight is 358 g/mol. The first kappa shape index (κ1) is 19.2. The lowest BCUT2D eigenvalue weighted by Crippen LogP contribution is -2.34. The number of carbonyl (C=O) groups is 2. The van der Waals surface area contributed by atoms with Crippen molar-refractivity contribution in [3.63, 3.8) is 0 Å². The molecule has 0 aliphatic carbocycles. The van der Waals surface area contributed by atoms with Crippen molar-refractivity contribution in [2.75, 3.05) is 13.7 Å². The van der Waals surface area contributed by atoms with Crippen LogP contribution >= 0.6 is 0 Å². The number of rotatable bonds is 6. The maximum atomic E-state index is 11.7. The number of benzene rings is 1. The van der Waals surface area contributed by atoms with Gasteiger partial charge in [-0.15, -0.1) is 0 Å². The maximum Gasteiger partial charge on any atom is 0.343 e. The SMILES string of the molecule is COC(=O)C1=C(O)C(=Cc2ccc(OCC(=O)NC(C)C)cc2)N=C1C. The molecule has 138 valence electrons. The lowest BCUT2D eigenvalue weighted by Gasteiger charge is -2.09. The van der Waals surface area contributed by atoms with Gasteiger partial charge in [-0.2, -0.15) is 0 Å². The molecule has 0 saturated heterocycles. The molecule has 0 bridgehead atoms. The van der Waals surface area contributed by atoms with Gasteiger partial charge in [-0.05, 0) is 44.5 Å². The molecule has 0 atom stereocenters. The number of hydrogen-bond acceptors (Lipinski definition) is 6. The molecule has 1 aromatic carbocycles. The third-order valence-electron chi connectivity index (χ3n) is 3.52.